The van der Waals surface area contributed by atoms with E-state index in [4.69, 9.17) is 4.74 Å². The third kappa shape index (κ3) is 1.17. The van der Waals surface area contributed by atoms with Crippen molar-refractivity contribution in [1.29, 1.82) is 0 Å². The van der Waals surface area contributed by atoms with Gasteiger partial charge in [0.15, 0.2) is 0 Å². The highest BCUT2D eigenvalue weighted by atomic mass is 16.5. The summed E-state index contributed by atoms with van der Waals surface area (Å²) >= 11 is 0. The van der Waals surface area contributed by atoms with Crippen LogP contribution in [-0.2, 0) is 19.1 Å². The van der Waals surface area contributed by atoms with Crippen LogP contribution in [0.1, 0.15) is 25.7 Å². The number of nitrogens with one attached hydrogen (secondary N) is 1. The largest absolute Gasteiger partial charge is 0.469 e. The quantitative estimate of drug-likeness (QED) is 0.523. The molecule has 4 fully saturated rings. The summed E-state index contributed by atoms with van der Waals surface area (Å²) in [5, 5.41) is 2.38. The first-order valence-corrected chi connectivity index (χ1v) is 6.03. The molecule has 0 spiro atoms. The molecule has 0 aromatic heterocycles. The molecule has 2 unspecified atom stereocenters. The first-order valence-electron chi connectivity index (χ1n) is 6.03. The van der Waals surface area contributed by atoms with Crippen molar-refractivity contribution in [3.05, 3.63) is 0 Å². The smallest absolute Gasteiger partial charge is 0.312 e. The zero-order valence-corrected chi connectivity index (χ0v) is 9.69. The lowest BCUT2D eigenvalue weighted by molar-refractivity contribution is -0.172. The molecule has 92 valence electrons. The Labute approximate surface area is 98.9 Å². The molecule has 4 aliphatic rings. The highest BCUT2D eigenvalue weighted by Crippen LogP contribution is 2.58. The van der Waals surface area contributed by atoms with Crippen LogP contribution in [0.4, 0.5) is 0 Å². The van der Waals surface area contributed by atoms with Crippen LogP contribution in [0.25, 0.3) is 0 Å². The summed E-state index contributed by atoms with van der Waals surface area (Å²) in [7, 11) is 1.35. The lowest BCUT2D eigenvalue weighted by atomic mass is 9.51. The fourth-order valence-corrected chi connectivity index (χ4v) is 4.04. The topological polar surface area (TPSA) is 72.5 Å². The molecular formula is C12H15NO4. The van der Waals surface area contributed by atoms with Gasteiger partial charge in [-0.2, -0.15) is 0 Å². The van der Waals surface area contributed by atoms with Crippen LogP contribution >= 0.6 is 0 Å². The van der Waals surface area contributed by atoms with Crippen molar-refractivity contribution in [1.82, 2.24) is 5.32 Å². The normalized spacial score (nSPS) is 43.2. The lowest BCUT2D eigenvalue weighted by Gasteiger charge is -2.49. The average molecular weight is 237 g/mol. The van der Waals surface area contributed by atoms with Crippen LogP contribution in [0.5, 0.6) is 0 Å². The number of amides is 2. The van der Waals surface area contributed by atoms with E-state index in [2.05, 4.69) is 5.32 Å². The molecule has 17 heavy (non-hydrogen) atoms. The molecule has 2 amide bonds. The van der Waals surface area contributed by atoms with Crippen LogP contribution in [0.2, 0.25) is 0 Å². The molecule has 1 N–H and O–H groups in total. The number of rotatable bonds is 1. The van der Waals surface area contributed by atoms with Crippen molar-refractivity contribution >= 4 is 17.8 Å². The molecule has 1 saturated heterocycles. The number of fused-ring (bicyclic) bond motifs is 2. The van der Waals surface area contributed by atoms with E-state index >= 15 is 0 Å². The Morgan fingerprint density at radius 2 is 1.94 bits per heavy atom. The van der Waals surface area contributed by atoms with E-state index < -0.39 is 11.3 Å². The summed E-state index contributed by atoms with van der Waals surface area (Å²) in [5.41, 5.74) is -0.746. The zero-order chi connectivity index (χ0) is 12.2. The highest BCUT2D eigenvalue weighted by molar-refractivity contribution is 6.08. The predicted molar refractivity (Wildman–Crippen MR) is 56.5 cm³/mol. The Morgan fingerprint density at radius 1 is 1.29 bits per heavy atom. The van der Waals surface area contributed by atoms with E-state index in [-0.39, 0.29) is 29.6 Å². The van der Waals surface area contributed by atoms with E-state index in [0.717, 1.165) is 12.8 Å². The summed E-state index contributed by atoms with van der Waals surface area (Å²) in [5.74, 6) is -1.33. The number of imide groups is 1. The number of esters is 1. The summed E-state index contributed by atoms with van der Waals surface area (Å²) in [6.07, 6.45) is 3.03. The average Bonchev–Trinajstić information content (AvgIpc) is 2.68. The molecule has 0 radical (unpaired) electrons. The first kappa shape index (κ1) is 10.7. The van der Waals surface area contributed by atoms with Crippen molar-refractivity contribution in [2.75, 3.05) is 7.11 Å². The SMILES string of the molecule is COC(=O)C12CCC(CC1)C1C(=O)NC(=O)C12. The number of hydrogen-bond donors (Lipinski definition) is 1. The maximum atomic E-state index is 12.0. The third-order valence-corrected chi connectivity index (χ3v) is 4.81. The van der Waals surface area contributed by atoms with Crippen LogP contribution in [0.15, 0.2) is 0 Å². The van der Waals surface area contributed by atoms with Gasteiger partial charge in [-0.3, -0.25) is 19.7 Å². The second kappa shape index (κ2) is 3.31. The van der Waals surface area contributed by atoms with Gasteiger partial charge in [0.25, 0.3) is 0 Å². The van der Waals surface area contributed by atoms with Crippen molar-refractivity contribution in [2.45, 2.75) is 25.7 Å². The maximum Gasteiger partial charge on any atom is 0.312 e. The fraction of sp³-hybridized carbons (Fsp3) is 0.750. The molecule has 5 nitrogen and oxygen atoms in total. The van der Waals surface area contributed by atoms with Gasteiger partial charge in [-0.05, 0) is 31.6 Å². The lowest BCUT2D eigenvalue weighted by Crippen LogP contribution is -2.54. The van der Waals surface area contributed by atoms with Gasteiger partial charge in [-0.15, -0.1) is 0 Å². The molecule has 3 aliphatic carbocycles. The minimum absolute atomic E-state index is 0.197. The summed E-state index contributed by atoms with van der Waals surface area (Å²) in [6.45, 7) is 0. The van der Waals surface area contributed by atoms with Crippen molar-refractivity contribution in [3.63, 3.8) is 0 Å². The molecular weight excluding hydrogens is 222 g/mol. The second-order valence-electron chi connectivity index (χ2n) is 5.34. The van der Waals surface area contributed by atoms with Crippen molar-refractivity contribution in [2.24, 2.45) is 23.2 Å². The van der Waals surface area contributed by atoms with Crippen LogP contribution < -0.4 is 5.32 Å². The predicted octanol–water partition coefficient (Wildman–Crippen LogP) is 0.238. The Hall–Kier alpha value is -1.39. The first-order chi connectivity index (χ1) is 8.10. The molecule has 2 atom stereocenters. The van der Waals surface area contributed by atoms with Gasteiger partial charge in [0.05, 0.1) is 24.4 Å². The van der Waals surface area contributed by atoms with Gasteiger partial charge in [0.2, 0.25) is 11.8 Å². The highest BCUT2D eigenvalue weighted by Gasteiger charge is 2.65. The van der Waals surface area contributed by atoms with E-state index in [1.807, 2.05) is 0 Å². The van der Waals surface area contributed by atoms with Gasteiger partial charge < -0.3 is 4.74 Å². The standard InChI is InChI=1S/C12H15NO4/c1-17-11(16)12-4-2-6(3-5-12)7-8(12)10(15)13-9(7)14/h6-8H,2-5H2,1H3,(H,13,14,15). The van der Waals surface area contributed by atoms with E-state index in [1.54, 1.807) is 0 Å². The summed E-state index contributed by atoms with van der Waals surface area (Å²) in [6, 6.07) is 0. The molecule has 0 aromatic rings. The van der Waals surface area contributed by atoms with Gasteiger partial charge in [-0.1, -0.05) is 0 Å². The molecule has 0 aromatic carbocycles. The number of ether oxygens (including phenoxy) is 1. The monoisotopic (exact) mass is 237 g/mol. The minimum atomic E-state index is -0.746. The van der Waals surface area contributed by atoms with E-state index in [1.165, 1.54) is 7.11 Å². The van der Waals surface area contributed by atoms with Crippen molar-refractivity contribution < 1.29 is 19.1 Å². The van der Waals surface area contributed by atoms with Gasteiger partial charge in [0.1, 0.15) is 0 Å². The fourth-order valence-electron chi connectivity index (χ4n) is 4.04. The molecule has 3 saturated carbocycles. The van der Waals surface area contributed by atoms with Crippen LogP contribution in [-0.4, -0.2) is 24.9 Å². The molecule has 1 heterocycles. The molecule has 4 rings (SSSR count). The van der Waals surface area contributed by atoms with Crippen LogP contribution in [0.3, 0.4) is 0 Å². The molecule has 5 heteroatoms. The summed E-state index contributed by atoms with van der Waals surface area (Å²) < 4.78 is 4.87. The number of carbonyl (C=O) groups excluding carboxylic acids is 3. The molecule has 1 aliphatic heterocycles. The van der Waals surface area contributed by atoms with Gasteiger partial charge in [-0.25, -0.2) is 0 Å². The number of hydrogen-bond acceptors (Lipinski definition) is 4. The maximum absolute atomic E-state index is 12.0. The Kier molecular flexibility index (Phi) is 2.09. The molecule has 2 bridgehead atoms. The van der Waals surface area contributed by atoms with E-state index in [9.17, 15) is 14.4 Å². The third-order valence-electron chi connectivity index (χ3n) is 4.81. The van der Waals surface area contributed by atoms with Gasteiger partial charge in [0, 0.05) is 0 Å². The minimum Gasteiger partial charge on any atom is -0.469 e. The summed E-state index contributed by atoms with van der Waals surface area (Å²) in [4.78, 5) is 35.7. The van der Waals surface area contributed by atoms with Crippen molar-refractivity contribution in [3.8, 4) is 0 Å². The van der Waals surface area contributed by atoms with Gasteiger partial charge >= 0.3 is 5.97 Å². The van der Waals surface area contributed by atoms with E-state index in [0.29, 0.717) is 12.8 Å². The Balaban J connectivity index is 2.06. The van der Waals surface area contributed by atoms with Crippen LogP contribution in [0, 0.1) is 23.2 Å². The second-order valence-corrected chi connectivity index (χ2v) is 5.34. The zero-order valence-electron chi connectivity index (χ0n) is 9.69. The number of methoxy groups -OCH3 is 1. The number of carbonyl (C=O) groups is 3. The Morgan fingerprint density at radius 3 is 2.53 bits per heavy atom. The Bertz CT molecular complexity index is 409.